The monoisotopic (exact) mass is 203 g/mol. The molecule has 0 bridgehead atoms. The fraction of sp³-hybridized carbons (Fsp3) is 0.889. The molecule has 0 aromatic rings. The van der Waals surface area contributed by atoms with Gasteiger partial charge in [-0.25, -0.2) is 4.79 Å². The number of carbonyl (C=O) groups excluding carboxylic acids is 1. The first-order chi connectivity index (χ1) is 6.83. The molecule has 0 spiro atoms. The highest BCUT2D eigenvalue weighted by atomic mass is 16.6. The van der Waals surface area contributed by atoms with Crippen LogP contribution in [0.4, 0.5) is 0 Å². The van der Waals surface area contributed by atoms with Crippen molar-refractivity contribution >= 4 is 5.97 Å². The Hall–Kier alpha value is -0.650. The normalized spacial score (nSPS) is 16.4. The molecule has 0 unspecified atom stereocenters. The Morgan fingerprint density at radius 1 is 1.43 bits per heavy atom. The minimum Gasteiger partial charge on any atom is -0.464 e. The lowest BCUT2D eigenvalue weighted by atomic mass is 10.2. The van der Waals surface area contributed by atoms with Gasteiger partial charge in [-0.1, -0.05) is 0 Å². The maximum atomic E-state index is 10.8. The van der Waals surface area contributed by atoms with E-state index in [4.69, 9.17) is 9.47 Å². The van der Waals surface area contributed by atoms with E-state index in [1.54, 1.807) is 6.92 Å². The summed E-state index contributed by atoms with van der Waals surface area (Å²) in [7, 11) is 0. The summed E-state index contributed by atoms with van der Waals surface area (Å²) in [6, 6.07) is 0. The molecule has 1 fully saturated rings. The number of hydrogen-bond donors (Lipinski definition) is 1. The molecular weight excluding hydrogens is 186 g/mol. The van der Waals surface area contributed by atoms with Gasteiger partial charge in [-0.15, -0.1) is 0 Å². The number of carbonyl (C=O) groups is 1. The Balaban J connectivity index is 1.81. The Kier molecular flexibility index (Phi) is 5.51. The summed E-state index contributed by atoms with van der Waals surface area (Å²) in [4.78, 5) is 10.8. The Labute approximate surface area is 83.7 Å². The number of hydrogen-bond acceptors (Lipinski definition) is 5. The molecule has 0 aromatic heterocycles. The summed E-state index contributed by atoms with van der Waals surface area (Å²) in [6.45, 7) is 4.98. The van der Waals surface area contributed by atoms with Crippen molar-refractivity contribution in [3.05, 3.63) is 0 Å². The Morgan fingerprint density at radius 2 is 2.21 bits per heavy atom. The van der Waals surface area contributed by atoms with Gasteiger partial charge in [0, 0.05) is 13.1 Å². The van der Waals surface area contributed by atoms with Gasteiger partial charge in [0.1, 0.15) is 6.61 Å². The van der Waals surface area contributed by atoms with Crippen molar-refractivity contribution in [2.75, 3.05) is 39.5 Å². The fourth-order valence-electron chi connectivity index (χ4n) is 1.01. The smallest absolute Gasteiger partial charge is 0.332 e. The molecule has 0 saturated carbocycles. The van der Waals surface area contributed by atoms with Crippen LogP contribution in [0.5, 0.6) is 0 Å². The second-order valence-corrected chi connectivity index (χ2v) is 3.01. The van der Waals surface area contributed by atoms with Gasteiger partial charge in [0.05, 0.1) is 25.9 Å². The molecule has 14 heavy (non-hydrogen) atoms. The maximum Gasteiger partial charge on any atom is 0.332 e. The minimum atomic E-state index is -0.321. The van der Waals surface area contributed by atoms with E-state index in [0.717, 1.165) is 13.1 Å². The van der Waals surface area contributed by atoms with E-state index in [-0.39, 0.29) is 12.6 Å². The molecule has 5 heteroatoms. The lowest BCUT2D eigenvalue weighted by molar-refractivity contribution is -0.149. The zero-order chi connectivity index (χ0) is 10.2. The summed E-state index contributed by atoms with van der Waals surface area (Å²) in [5.74, 6) is -0.321. The standard InChI is InChI=1S/C9H17NO4/c1-2-13-9(11)7-12-3-4-14-8-5-10-6-8/h8,10H,2-7H2,1H3. The molecule has 1 saturated heterocycles. The van der Waals surface area contributed by atoms with Crippen LogP contribution in [0.3, 0.4) is 0 Å². The second-order valence-electron chi connectivity index (χ2n) is 3.01. The molecule has 1 rings (SSSR count). The molecule has 1 aliphatic rings. The van der Waals surface area contributed by atoms with Crippen molar-refractivity contribution < 1.29 is 19.0 Å². The molecule has 82 valence electrons. The SMILES string of the molecule is CCOC(=O)COCCOC1CNC1. The molecule has 0 aliphatic carbocycles. The van der Waals surface area contributed by atoms with Crippen LogP contribution in [0.2, 0.25) is 0 Å². The first-order valence-electron chi connectivity index (χ1n) is 4.88. The van der Waals surface area contributed by atoms with Gasteiger partial charge in [-0.2, -0.15) is 0 Å². The lowest BCUT2D eigenvalue weighted by Gasteiger charge is -2.26. The van der Waals surface area contributed by atoms with Gasteiger partial charge >= 0.3 is 5.97 Å². The highest BCUT2D eigenvalue weighted by Gasteiger charge is 2.16. The highest BCUT2D eigenvalue weighted by molar-refractivity contribution is 5.70. The van der Waals surface area contributed by atoms with Gasteiger partial charge in [-0.3, -0.25) is 0 Å². The van der Waals surface area contributed by atoms with Crippen LogP contribution in [0.1, 0.15) is 6.92 Å². The van der Waals surface area contributed by atoms with Gasteiger partial charge in [0.2, 0.25) is 0 Å². The number of rotatable bonds is 7. The molecule has 1 aliphatic heterocycles. The summed E-state index contributed by atoms with van der Waals surface area (Å²) < 4.78 is 15.1. The molecule has 5 nitrogen and oxygen atoms in total. The second kappa shape index (κ2) is 6.75. The van der Waals surface area contributed by atoms with Crippen LogP contribution >= 0.6 is 0 Å². The van der Waals surface area contributed by atoms with E-state index in [1.807, 2.05) is 0 Å². The Bertz CT molecular complexity index is 170. The predicted octanol–water partition coefficient (Wildman–Crippen LogP) is -0.445. The van der Waals surface area contributed by atoms with Crippen LogP contribution in [0, 0.1) is 0 Å². The largest absolute Gasteiger partial charge is 0.464 e. The molecule has 0 atom stereocenters. The van der Waals surface area contributed by atoms with Crippen LogP contribution in [0.15, 0.2) is 0 Å². The zero-order valence-electron chi connectivity index (χ0n) is 8.45. The van der Waals surface area contributed by atoms with E-state index in [0.29, 0.717) is 25.9 Å². The third-order valence-electron chi connectivity index (χ3n) is 1.85. The van der Waals surface area contributed by atoms with E-state index in [9.17, 15) is 4.79 Å². The van der Waals surface area contributed by atoms with Gasteiger partial charge in [0.25, 0.3) is 0 Å². The van der Waals surface area contributed by atoms with Gasteiger partial charge < -0.3 is 19.5 Å². The van der Waals surface area contributed by atoms with Crippen molar-refractivity contribution in [2.24, 2.45) is 0 Å². The van der Waals surface area contributed by atoms with E-state index in [2.05, 4.69) is 10.1 Å². The minimum absolute atomic E-state index is 0.0140. The van der Waals surface area contributed by atoms with Crippen molar-refractivity contribution in [2.45, 2.75) is 13.0 Å². The summed E-state index contributed by atoms with van der Waals surface area (Å²) in [6.07, 6.45) is 0.321. The first kappa shape index (κ1) is 11.4. The number of nitrogens with one attached hydrogen (secondary N) is 1. The predicted molar refractivity (Wildman–Crippen MR) is 50.1 cm³/mol. The lowest BCUT2D eigenvalue weighted by Crippen LogP contribution is -2.48. The fourth-order valence-corrected chi connectivity index (χ4v) is 1.01. The van der Waals surface area contributed by atoms with E-state index >= 15 is 0 Å². The van der Waals surface area contributed by atoms with Crippen LogP contribution in [-0.4, -0.2) is 51.6 Å². The van der Waals surface area contributed by atoms with Crippen LogP contribution in [0.25, 0.3) is 0 Å². The molecular formula is C9H17NO4. The van der Waals surface area contributed by atoms with E-state index in [1.165, 1.54) is 0 Å². The molecule has 1 heterocycles. The third-order valence-corrected chi connectivity index (χ3v) is 1.85. The van der Waals surface area contributed by atoms with Crippen molar-refractivity contribution in [1.29, 1.82) is 0 Å². The van der Waals surface area contributed by atoms with Crippen molar-refractivity contribution in [1.82, 2.24) is 5.32 Å². The highest BCUT2D eigenvalue weighted by Crippen LogP contribution is 1.96. The Morgan fingerprint density at radius 3 is 2.79 bits per heavy atom. The van der Waals surface area contributed by atoms with Gasteiger partial charge in [-0.05, 0) is 6.92 Å². The van der Waals surface area contributed by atoms with E-state index < -0.39 is 0 Å². The zero-order valence-corrected chi connectivity index (χ0v) is 8.45. The molecule has 0 aromatic carbocycles. The average Bonchev–Trinajstić information content (AvgIpc) is 2.08. The quantitative estimate of drug-likeness (QED) is 0.449. The summed E-state index contributed by atoms with van der Waals surface area (Å²) in [5, 5.41) is 3.10. The average molecular weight is 203 g/mol. The molecule has 1 N–H and O–H groups in total. The third kappa shape index (κ3) is 4.55. The van der Waals surface area contributed by atoms with Crippen LogP contribution < -0.4 is 5.32 Å². The maximum absolute atomic E-state index is 10.8. The molecule has 0 radical (unpaired) electrons. The van der Waals surface area contributed by atoms with Crippen molar-refractivity contribution in [3.63, 3.8) is 0 Å². The summed E-state index contributed by atoms with van der Waals surface area (Å²) >= 11 is 0. The first-order valence-corrected chi connectivity index (χ1v) is 4.88. The van der Waals surface area contributed by atoms with Gasteiger partial charge in [0.15, 0.2) is 0 Å². The molecule has 0 amide bonds. The number of esters is 1. The van der Waals surface area contributed by atoms with Crippen LogP contribution in [-0.2, 0) is 19.0 Å². The topological polar surface area (TPSA) is 56.8 Å². The summed E-state index contributed by atoms with van der Waals surface area (Å²) in [5.41, 5.74) is 0. The number of ether oxygens (including phenoxy) is 3. The van der Waals surface area contributed by atoms with Crippen molar-refractivity contribution in [3.8, 4) is 0 Å².